The van der Waals surface area contributed by atoms with Gasteiger partial charge in [0.2, 0.25) is 0 Å². The van der Waals surface area contributed by atoms with Crippen molar-refractivity contribution in [3.05, 3.63) is 35.9 Å². The van der Waals surface area contributed by atoms with E-state index in [2.05, 4.69) is 0 Å². The van der Waals surface area contributed by atoms with Crippen LogP contribution in [0.25, 0.3) is 0 Å². The fourth-order valence-electron chi connectivity index (χ4n) is 2.50. The first-order valence-electron chi connectivity index (χ1n) is 6.71. The molecule has 0 unspecified atom stereocenters. The number of ether oxygens (including phenoxy) is 1. The highest BCUT2D eigenvalue weighted by Gasteiger charge is 2.24. The minimum absolute atomic E-state index is 0.124. The molecule has 2 rings (SSSR count). The molecule has 0 spiro atoms. The molecule has 98 valence electrons. The van der Waals surface area contributed by atoms with E-state index < -0.39 is 0 Å². The van der Waals surface area contributed by atoms with Gasteiger partial charge in [-0.05, 0) is 24.3 Å². The second-order valence-electron chi connectivity index (χ2n) is 5.06. The van der Waals surface area contributed by atoms with Crippen LogP contribution >= 0.6 is 0 Å². The Hall–Kier alpha value is -1.35. The maximum atomic E-state index is 11.8. The number of carbonyl (C=O) groups is 1. The maximum absolute atomic E-state index is 11.8. The van der Waals surface area contributed by atoms with Crippen molar-refractivity contribution in [2.75, 3.05) is 0 Å². The van der Waals surface area contributed by atoms with Gasteiger partial charge >= 0.3 is 5.97 Å². The van der Waals surface area contributed by atoms with Gasteiger partial charge < -0.3 is 10.5 Å². The summed E-state index contributed by atoms with van der Waals surface area (Å²) in [5.74, 6) is 0.184. The Bertz CT molecular complexity index is 377. The lowest BCUT2D eigenvalue weighted by atomic mass is 9.83. The smallest absolute Gasteiger partial charge is 0.306 e. The zero-order chi connectivity index (χ0) is 12.8. The van der Waals surface area contributed by atoms with E-state index in [0.717, 1.165) is 18.4 Å². The van der Waals surface area contributed by atoms with Crippen LogP contribution in [0.3, 0.4) is 0 Å². The van der Waals surface area contributed by atoms with Gasteiger partial charge in [-0.15, -0.1) is 0 Å². The fourth-order valence-corrected chi connectivity index (χ4v) is 2.50. The summed E-state index contributed by atoms with van der Waals surface area (Å²) in [5, 5.41) is 0. The van der Waals surface area contributed by atoms with E-state index in [9.17, 15) is 4.79 Å². The third-order valence-electron chi connectivity index (χ3n) is 3.64. The molecule has 0 bridgehead atoms. The lowest BCUT2D eigenvalue weighted by Gasteiger charge is -2.27. The van der Waals surface area contributed by atoms with Crippen molar-refractivity contribution < 1.29 is 9.53 Å². The van der Waals surface area contributed by atoms with Gasteiger partial charge in [0.1, 0.15) is 6.61 Å². The van der Waals surface area contributed by atoms with Crippen molar-refractivity contribution in [3.8, 4) is 0 Å². The van der Waals surface area contributed by atoms with Crippen LogP contribution in [0.15, 0.2) is 30.3 Å². The Labute approximate surface area is 108 Å². The molecule has 1 saturated carbocycles. The predicted octanol–water partition coefficient (Wildman–Crippen LogP) is 2.64. The molecule has 1 aliphatic carbocycles. The highest BCUT2D eigenvalue weighted by Crippen LogP contribution is 2.26. The third-order valence-corrected chi connectivity index (χ3v) is 3.64. The van der Waals surface area contributed by atoms with E-state index in [4.69, 9.17) is 10.5 Å². The number of hydrogen-bond donors (Lipinski definition) is 1. The fraction of sp³-hybridized carbons (Fsp3) is 0.533. The molecular weight excluding hydrogens is 226 g/mol. The summed E-state index contributed by atoms with van der Waals surface area (Å²) in [6, 6.07) is 9.93. The molecule has 3 nitrogen and oxygen atoms in total. The summed E-state index contributed by atoms with van der Waals surface area (Å²) in [5.41, 5.74) is 7.05. The van der Waals surface area contributed by atoms with E-state index in [1.807, 2.05) is 30.3 Å². The number of carbonyl (C=O) groups excluding carboxylic acids is 1. The van der Waals surface area contributed by atoms with Crippen molar-refractivity contribution >= 4 is 5.97 Å². The molecular formula is C15H21NO2. The third kappa shape index (κ3) is 3.84. The highest BCUT2D eigenvalue weighted by molar-refractivity contribution is 5.69. The summed E-state index contributed by atoms with van der Waals surface area (Å²) >= 11 is 0. The van der Waals surface area contributed by atoms with Crippen LogP contribution in [0, 0.1) is 5.92 Å². The van der Waals surface area contributed by atoms with Crippen molar-refractivity contribution in [2.45, 2.75) is 44.8 Å². The first-order chi connectivity index (χ1) is 8.75. The van der Waals surface area contributed by atoms with Gasteiger partial charge in [-0.25, -0.2) is 0 Å². The summed E-state index contributed by atoms with van der Waals surface area (Å²) in [6.07, 6.45) is 4.94. The molecule has 0 heterocycles. The molecule has 1 aliphatic rings. The van der Waals surface area contributed by atoms with Gasteiger partial charge in [-0.3, -0.25) is 4.79 Å². The predicted molar refractivity (Wildman–Crippen MR) is 70.8 cm³/mol. The van der Waals surface area contributed by atoms with Crippen molar-refractivity contribution in [3.63, 3.8) is 0 Å². The topological polar surface area (TPSA) is 52.3 Å². The van der Waals surface area contributed by atoms with Crippen LogP contribution in [-0.4, -0.2) is 12.0 Å². The van der Waals surface area contributed by atoms with Crippen molar-refractivity contribution in [1.29, 1.82) is 0 Å². The second-order valence-corrected chi connectivity index (χ2v) is 5.06. The molecule has 0 amide bonds. The number of esters is 1. The monoisotopic (exact) mass is 247 g/mol. The van der Waals surface area contributed by atoms with E-state index in [1.54, 1.807) is 0 Å². The zero-order valence-electron chi connectivity index (χ0n) is 10.7. The molecule has 0 saturated heterocycles. The minimum Gasteiger partial charge on any atom is -0.461 e. The Morgan fingerprint density at radius 3 is 2.67 bits per heavy atom. The number of hydrogen-bond acceptors (Lipinski definition) is 3. The molecule has 2 N–H and O–H groups in total. The van der Waals surface area contributed by atoms with Crippen molar-refractivity contribution in [1.82, 2.24) is 0 Å². The van der Waals surface area contributed by atoms with Crippen LogP contribution < -0.4 is 5.73 Å². The van der Waals surface area contributed by atoms with Crippen LogP contribution in [0.4, 0.5) is 0 Å². The average molecular weight is 247 g/mol. The lowest BCUT2D eigenvalue weighted by Crippen LogP contribution is -2.34. The van der Waals surface area contributed by atoms with Gasteiger partial charge in [0.25, 0.3) is 0 Å². The Balaban J connectivity index is 1.75. The van der Waals surface area contributed by atoms with Gasteiger partial charge in [0.05, 0.1) is 0 Å². The molecule has 1 aromatic rings. The summed E-state index contributed by atoms with van der Waals surface area (Å²) in [6.45, 7) is 0.363. The number of rotatable bonds is 4. The quantitative estimate of drug-likeness (QED) is 0.832. The van der Waals surface area contributed by atoms with Gasteiger partial charge in [-0.1, -0.05) is 43.2 Å². The van der Waals surface area contributed by atoms with E-state index >= 15 is 0 Å². The standard InChI is InChI=1S/C15H21NO2/c16-14-9-5-4-8-13(14)10-15(17)18-11-12-6-2-1-3-7-12/h1-3,6-7,13-14H,4-5,8-11,16H2/t13-,14-/m0/s1. The lowest BCUT2D eigenvalue weighted by molar-refractivity contribution is -0.146. The van der Waals surface area contributed by atoms with Gasteiger partial charge in [0, 0.05) is 12.5 Å². The minimum atomic E-state index is -0.124. The van der Waals surface area contributed by atoms with Crippen LogP contribution in [0.1, 0.15) is 37.7 Å². The van der Waals surface area contributed by atoms with Crippen LogP contribution in [0.5, 0.6) is 0 Å². The van der Waals surface area contributed by atoms with Crippen LogP contribution in [-0.2, 0) is 16.1 Å². The Morgan fingerprint density at radius 2 is 1.94 bits per heavy atom. The maximum Gasteiger partial charge on any atom is 0.306 e. The van der Waals surface area contributed by atoms with E-state index in [-0.39, 0.29) is 12.0 Å². The van der Waals surface area contributed by atoms with Crippen LogP contribution in [0.2, 0.25) is 0 Å². The molecule has 3 heteroatoms. The molecule has 0 radical (unpaired) electrons. The van der Waals surface area contributed by atoms with Crippen molar-refractivity contribution in [2.24, 2.45) is 11.7 Å². The van der Waals surface area contributed by atoms with E-state index in [1.165, 1.54) is 12.8 Å². The Morgan fingerprint density at radius 1 is 1.22 bits per heavy atom. The summed E-state index contributed by atoms with van der Waals surface area (Å²) < 4.78 is 5.28. The summed E-state index contributed by atoms with van der Waals surface area (Å²) in [4.78, 5) is 11.8. The Kier molecular flexibility index (Phi) is 4.76. The zero-order valence-corrected chi connectivity index (χ0v) is 10.7. The summed E-state index contributed by atoms with van der Waals surface area (Å²) in [7, 11) is 0. The molecule has 1 fully saturated rings. The molecule has 0 aliphatic heterocycles. The largest absolute Gasteiger partial charge is 0.461 e. The second kappa shape index (κ2) is 6.55. The average Bonchev–Trinajstić information content (AvgIpc) is 2.40. The van der Waals surface area contributed by atoms with Gasteiger partial charge in [0.15, 0.2) is 0 Å². The molecule has 2 atom stereocenters. The highest BCUT2D eigenvalue weighted by atomic mass is 16.5. The molecule has 0 aromatic heterocycles. The van der Waals surface area contributed by atoms with E-state index in [0.29, 0.717) is 18.9 Å². The van der Waals surface area contributed by atoms with Gasteiger partial charge in [-0.2, -0.15) is 0 Å². The molecule has 18 heavy (non-hydrogen) atoms. The number of nitrogens with two attached hydrogens (primary N) is 1. The normalized spacial score (nSPS) is 23.6. The molecule has 1 aromatic carbocycles. The number of benzene rings is 1. The first kappa shape index (κ1) is 13.1. The SMILES string of the molecule is N[C@H]1CCCC[C@H]1CC(=O)OCc1ccccc1. The first-order valence-corrected chi connectivity index (χ1v) is 6.71.